The van der Waals surface area contributed by atoms with Crippen LogP contribution in [0.1, 0.15) is 30.4 Å². The molecule has 0 fully saturated rings. The summed E-state index contributed by atoms with van der Waals surface area (Å²) >= 11 is 5.28. The fourth-order valence-electron chi connectivity index (χ4n) is 2.59. The highest BCUT2D eigenvalue weighted by Crippen LogP contribution is 2.20. The third kappa shape index (κ3) is 3.68. The van der Waals surface area contributed by atoms with Crippen LogP contribution < -0.4 is 10.7 Å². The average molecular weight is 310 g/mol. The van der Waals surface area contributed by atoms with Crippen molar-refractivity contribution in [3.05, 3.63) is 59.9 Å². The van der Waals surface area contributed by atoms with Gasteiger partial charge in [0.15, 0.2) is 5.11 Å². The van der Waals surface area contributed by atoms with Gasteiger partial charge in [-0.2, -0.15) is 5.10 Å². The molecule has 4 nitrogen and oxygen atoms in total. The number of thiocarbonyl (C=S) groups is 1. The predicted molar refractivity (Wildman–Crippen MR) is 94.1 cm³/mol. The molecule has 1 heterocycles. The van der Waals surface area contributed by atoms with Crippen molar-refractivity contribution in [2.75, 3.05) is 5.32 Å². The second kappa shape index (κ2) is 7.13. The Morgan fingerprint density at radius 3 is 2.82 bits per heavy atom. The number of fused-ring (bicyclic) bond motifs is 1. The first-order valence-corrected chi connectivity index (χ1v) is 7.85. The summed E-state index contributed by atoms with van der Waals surface area (Å²) in [5.74, 6) is 0. The lowest BCUT2D eigenvalue weighted by molar-refractivity contribution is 0.774. The molecule has 22 heavy (non-hydrogen) atoms. The summed E-state index contributed by atoms with van der Waals surface area (Å²) in [6.07, 6.45) is 7.89. The van der Waals surface area contributed by atoms with Crippen molar-refractivity contribution in [2.24, 2.45) is 5.10 Å². The van der Waals surface area contributed by atoms with Crippen LogP contribution in [0, 0.1) is 0 Å². The van der Waals surface area contributed by atoms with E-state index >= 15 is 0 Å². The van der Waals surface area contributed by atoms with E-state index in [1.165, 1.54) is 17.5 Å². The van der Waals surface area contributed by atoms with Gasteiger partial charge in [0.25, 0.3) is 0 Å². The number of nitrogens with one attached hydrogen (secondary N) is 2. The van der Waals surface area contributed by atoms with Crippen molar-refractivity contribution in [3.63, 3.8) is 0 Å². The summed E-state index contributed by atoms with van der Waals surface area (Å²) in [6.45, 7) is 0. The van der Waals surface area contributed by atoms with Crippen molar-refractivity contribution >= 4 is 28.7 Å². The molecule has 0 unspecified atom stereocenters. The van der Waals surface area contributed by atoms with E-state index in [1.807, 2.05) is 12.1 Å². The van der Waals surface area contributed by atoms with Gasteiger partial charge in [0, 0.05) is 11.8 Å². The maximum absolute atomic E-state index is 5.28. The van der Waals surface area contributed by atoms with Gasteiger partial charge in [-0.25, -0.2) is 0 Å². The number of aromatic nitrogens is 1. The monoisotopic (exact) mass is 310 g/mol. The topological polar surface area (TPSA) is 49.3 Å². The van der Waals surface area contributed by atoms with Gasteiger partial charge in [0.2, 0.25) is 0 Å². The van der Waals surface area contributed by atoms with E-state index < -0.39 is 0 Å². The number of hydrogen-bond acceptors (Lipinski definition) is 3. The molecule has 0 amide bonds. The highest BCUT2D eigenvalue weighted by atomic mass is 32.1. The van der Waals surface area contributed by atoms with Crippen LogP contribution in [0.15, 0.2) is 53.9 Å². The van der Waals surface area contributed by atoms with Crippen molar-refractivity contribution in [2.45, 2.75) is 25.7 Å². The first kappa shape index (κ1) is 14.7. The number of benzene rings is 1. The first-order valence-electron chi connectivity index (χ1n) is 7.45. The molecule has 0 bridgehead atoms. The van der Waals surface area contributed by atoms with Crippen LogP contribution in [0.3, 0.4) is 0 Å². The lowest BCUT2D eigenvalue weighted by Gasteiger charge is -2.10. The van der Waals surface area contributed by atoms with Crippen LogP contribution in [-0.4, -0.2) is 15.8 Å². The van der Waals surface area contributed by atoms with E-state index in [0.717, 1.165) is 30.7 Å². The molecule has 0 atom stereocenters. The summed E-state index contributed by atoms with van der Waals surface area (Å²) in [5.41, 5.74) is 7.47. The largest absolute Gasteiger partial charge is 0.330 e. The van der Waals surface area contributed by atoms with E-state index in [9.17, 15) is 0 Å². The Labute approximate surface area is 135 Å². The maximum atomic E-state index is 5.28. The molecule has 112 valence electrons. The number of hydrazone groups is 1. The average Bonchev–Trinajstić information content (AvgIpc) is 2.76. The Balaban J connectivity index is 1.71. The van der Waals surface area contributed by atoms with Crippen molar-refractivity contribution in [1.82, 2.24) is 10.4 Å². The van der Waals surface area contributed by atoms with E-state index in [1.54, 1.807) is 12.4 Å². The van der Waals surface area contributed by atoms with Gasteiger partial charge in [0.1, 0.15) is 0 Å². The number of aryl methyl sites for hydroxylation is 1. The van der Waals surface area contributed by atoms with E-state index in [0.29, 0.717) is 5.11 Å². The molecule has 1 aliphatic carbocycles. The van der Waals surface area contributed by atoms with Crippen LogP contribution >= 0.6 is 12.2 Å². The third-order valence-electron chi connectivity index (χ3n) is 3.65. The van der Waals surface area contributed by atoms with Crippen LogP contribution in [0.25, 0.3) is 0 Å². The maximum Gasteiger partial charge on any atom is 0.191 e. The summed E-state index contributed by atoms with van der Waals surface area (Å²) in [4.78, 5) is 4.04. The number of rotatable bonds is 2. The smallest absolute Gasteiger partial charge is 0.191 e. The second-order valence-corrected chi connectivity index (χ2v) is 5.64. The molecule has 0 saturated heterocycles. The molecule has 1 aromatic heterocycles. The Bertz CT molecular complexity index is 682. The Kier molecular flexibility index (Phi) is 4.75. The summed E-state index contributed by atoms with van der Waals surface area (Å²) < 4.78 is 0. The minimum atomic E-state index is 0.474. The molecule has 1 aromatic carbocycles. The van der Waals surface area contributed by atoms with Crippen LogP contribution in [0.2, 0.25) is 0 Å². The molecule has 0 radical (unpaired) electrons. The highest BCUT2D eigenvalue weighted by molar-refractivity contribution is 7.80. The van der Waals surface area contributed by atoms with Gasteiger partial charge >= 0.3 is 0 Å². The molecule has 0 spiro atoms. The minimum Gasteiger partial charge on any atom is -0.330 e. The Morgan fingerprint density at radius 2 is 1.95 bits per heavy atom. The predicted octanol–water partition coefficient (Wildman–Crippen LogP) is 3.50. The molecule has 0 saturated carbocycles. The van der Waals surface area contributed by atoms with Gasteiger partial charge in [-0.3, -0.25) is 10.4 Å². The molecular formula is C17H18N4S. The van der Waals surface area contributed by atoms with Gasteiger partial charge in [-0.05, 0) is 55.6 Å². The van der Waals surface area contributed by atoms with Gasteiger partial charge in [-0.1, -0.05) is 24.3 Å². The molecule has 5 heteroatoms. The Morgan fingerprint density at radius 1 is 1.09 bits per heavy atom. The SMILES string of the molecule is S=C(N/N=C1/CCCCc2ccccc21)Nc1cccnc1. The quantitative estimate of drug-likeness (QED) is 0.506. The van der Waals surface area contributed by atoms with Crippen molar-refractivity contribution in [3.8, 4) is 0 Å². The zero-order valence-corrected chi connectivity index (χ0v) is 13.1. The fraction of sp³-hybridized carbons (Fsp3) is 0.235. The van der Waals surface area contributed by atoms with Gasteiger partial charge in [0.05, 0.1) is 17.6 Å². The zero-order valence-electron chi connectivity index (χ0n) is 12.2. The molecule has 2 N–H and O–H groups in total. The molecule has 1 aliphatic rings. The van der Waals surface area contributed by atoms with Crippen molar-refractivity contribution < 1.29 is 0 Å². The summed E-state index contributed by atoms with van der Waals surface area (Å²) in [7, 11) is 0. The molecular weight excluding hydrogens is 292 g/mol. The molecule has 3 rings (SSSR count). The van der Waals surface area contributed by atoms with E-state index in [2.05, 4.69) is 45.1 Å². The summed E-state index contributed by atoms with van der Waals surface area (Å²) in [6, 6.07) is 12.2. The first-order chi connectivity index (χ1) is 10.8. The van der Waals surface area contributed by atoms with Gasteiger partial charge < -0.3 is 5.32 Å². The van der Waals surface area contributed by atoms with Crippen LogP contribution in [0.4, 0.5) is 5.69 Å². The van der Waals surface area contributed by atoms with Crippen LogP contribution in [0.5, 0.6) is 0 Å². The number of pyridine rings is 1. The molecule has 0 aliphatic heterocycles. The minimum absolute atomic E-state index is 0.474. The normalized spacial score (nSPS) is 15.7. The van der Waals surface area contributed by atoms with E-state index in [-0.39, 0.29) is 0 Å². The Hall–Kier alpha value is -2.27. The lowest BCUT2D eigenvalue weighted by atomic mass is 10.0. The highest BCUT2D eigenvalue weighted by Gasteiger charge is 2.13. The number of nitrogens with zero attached hydrogens (tertiary/aromatic N) is 2. The van der Waals surface area contributed by atoms with Crippen molar-refractivity contribution in [1.29, 1.82) is 0 Å². The standard InChI is InChI=1S/C17H18N4S/c22-17(19-14-8-5-11-18-12-14)21-20-16-10-4-2-7-13-6-1-3-9-15(13)16/h1,3,5-6,8-9,11-12H,2,4,7,10H2,(H2,19,21,22)/b20-16-. The number of anilines is 1. The number of hydrogen-bond donors (Lipinski definition) is 2. The summed E-state index contributed by atoms with van der Waals surface area (Å²) in [5, 5.41) is 8.07. The zero-order chi connectivity index (χ0) is 15.2. The van der Waals surface area contributed by atoms with E-state index in [4.69, 9.17) is 12.2 Å². The van der Waals surface area contributed by atoms with Gasteiger partial charge in [-0.15, -0.1) is 0 Å². The van der Waals surface area contributed by atoms with Crippen LogP contribution in [-0.2, 0) is 6.42 Å². The lowest BCUT2D eigenvalue weighted by Crippen LogP contribution is -2.25. The fourth-order valence-corrected chi connectivity index (χ4v) is 2.76. The molecule has 2 aromatic rings. The third-order valence-corrected chi connectivity index (χ3v) is 3.84. The second-order valence-electron chi connectivity index (χ2n) is 5.23.